The van der Waals surface area contributed by atoms with Crippen molar-refractivity contribution in [3.8, 4) is 5.75 Å². The van der Waals surface area contributed by atoms with Crippen molar-refractivity contribution >= 4 is 26.8 Å². The Balaban J connectivity index is 2.89. The lowest BCUT2D eigenvalue weighted by molar-refractivity contribution is -0.136. The van der Waals surface area contributed by atoms with Crippen molar-refractivity contribution in [3.05, 3.63) is 28.8 Å². The molecule has 1 unspecified atom stereocenters. The van der Waals surface area contributed by atoms with Gasteiger partial charge in [0.05, 0.1) is 0 Å². The summed E-state index contributed by atoms with van der Waals surface area (Å²) < 4.78 is 10.3. The summed E-state index contributed by atoms with van der Waals surface area (Å²) in [4.78, 5) is 22.0. The van der Waals surface area contributed by atoms with Crippen molar-refractivity contribution in [2.24, 2.45) is 0 Å². The SMILES string of the molecule is CNC(C)C(=O)Oc1c(C)cc(COC(=O)Br)cc1C. The maximum Gasteiger partial charge on any atom is 0.374 e. The zero-order valence-electron chi connectivity index (χ0n) is 12.0. The second-order valence-corrected chi connectivity index (χ2v) is 5.16. The summed E-state index contributed by atoms with van der Waals surface area (Å²) in [5.41, 5.74) is 2.49. The quantitative estimate of drug-likeness (QED) is 0.506. The molecule has 0 aliphatic carbocycles. The van der Waals surface area contributed by atoms with E-state index in [1.165, 1.54) is 0 Å². The van der Waals surface area contributed by atoms with E-state index < -0.39 is 4.88 Å². The van der Waals surface area contributed by atoms with Gasteiger partial charge in [0.25, 0.3) is 0 Å². The van der Waals surface area contributed by atoms with Gasteiger partial charge < -0.3 is 14.8 Å². The number of rotatable bonds is 5. The topological polar surface area (TPSA) is 64.6 Å². The minimum atomic E-state index is -0.508. The standard InChI is InChI=1S/C14H18BrNO4/c1-8-5-11(7-19-14(15)18)6-9(2)12(8)20-13(17)10(3)16-4/h5-6,10,16H,7H2,1-4H3. The molecule has 1 N–H and O–H groups in total. The minimum Gasteiger partial charge on any atom is -0.452 e. The first-order valence-corrected chi connectivity index (χ1v) is 6.95. The minimum absolute atomic E-state index is 0.174. The Hall–Kier alpha value is -1.40. The number of benzene rings is 1. The van der Waals surface area contributed by atoms with Crippen LogP contribution in [0.25, 0.3) is 0 Å². The van der Waals surface area contributed by atoms with E-state index in [1.54, 1.807) is 14.0 Å². The fourth-order valence-corrected chi connectivity index (χ4v) is 1.85. The largest absolute Gasteiger partial charge is 0.452 e. The third-order valence-electron chi connectivity index (χ3n) is 2.86. The van der Waals surface area contributed by atoms with Gasteiger partial charge in [-0.3, -0.25) is 0 Å². The van der Waals surface area contributed by atoms with Crippen LogP contribution in [0.3, 0.4) is 0 Å². The first-order chi connectivity index (χ1) is 9.35. The Morgan fingerprint density at radius 2 is 1.85 bits per heavy atom. The number of carbonyl (C=O) groups excluding carboxylic acids is 2. The monoisotopic (exact) mass is 343 g/mol. The van der Waals surface area contributed by atoms with Crippen LogP contribution in [0, 0.1) is 13.8 Å². The third-order valence-corrected chi connectivity index (χ3v) is 3.09. The molecule has 1 rings (SSSR count). The van der Waals surface area contributed by atoms with Gasteiger partial charge in [-0.15, -0.1) is 0 Å². The zero-order chi connectivity index (χ0) is 15.3. The Morgan fingerprint density at radius 1 is 1.30 bits per heavy atom. The highest BCUT2D eigenvalue weighted by atomic mass is 79.9. The van der Waals surface area contributed by atoms with Crippen LogP contribution in [-0.2, 0) is 16.1 Å². The zero-order valence-corrected chi connectivity index (χ0v) is 13.5. The highest BCUT2D eigenvalue weighted by molar-refractivity contribution is 9.18. The molecule has 110 valence electrons. The molecule has 1 aromatic carbocycles. The molecule has 0 bridgehead atoms. The highest BCUT2D eigenvalue weighted by Crippen LogP contribution is 2.25. The van der Waals surface area contributed by atoms with E-state index in [0.29, 0.717) is 5.75 Å². The molecule has 0 radical (unpaired) electrons. The number of ether oxygens (including phenoxy) is 2. The van der Waals surface area contributed by atoms with Gasteiger partial charge in [0.15, 0.2) is 0 Å². The number of nitrogens with one attached hydrogen (secondary N) is 1. The van der Waals surface area contributed by atoms with Crippen molar-refractivity contribution in [2.45, 2.75) is 33.4 Å². The maximum absolute atomic E-state index is 11.8. The molecule has 0 aliphatic rings. The average molecular weight is 344 g/mol. The molecule has 0 spiro atoms. The summed E-state index contributed by atoms with van der Waals surface area (Å²) in [5, 5.41) is 2.83. The van der Waals surface area contributed by atoms with Gasteiger partial charge in [-0.05, 0) is 56.6 Å². The van der Waals surface area contributed by atoms with Crippen LogP contribution in [0.15, 0.2) is 12.1 Å². The molecule has 20 heavy (non-hydrogen) atoms. The van der Waals surface area contributed by atoms with Gasteiger partial charge in [0.1, 0.15) is 18.4 Å². The van der Waals surface area contributed by atoms with Crippen LogP contribution in [0.4, 0.5) is 4.79 Å². The van der Waals surface area contributed by atoms with E-state index in [4.69, 9.17) is 9.47 Å². The van der Waals surface area contributed by atoms with Gasteiger partial charge in [-0.1, -0.05) is 0 Å². The number of hydrogen-bond donors (Lipinski definition) is 1. The average Bonchev–Trinajstić information content (AvgIpc) is 2.39. The van der Waals surface area contributed by atoms with E-state index in [1.807, 2.05) is 26.0 Å². The van der Waals surface area contributed by atoms with Crippen molar-refractivity contribution in [1.82, 2.24) is 5.32 Å². The van der Waals surface area contributed by atoms with Crippen molar-refractivity contribution in [2.75, 3.05) is 7.05 Å². The Bertz CT molecular complexity index is 493. The van der Waals surface area contributed by atoms with Crippen LogP contribution in [0.2, 0.25) is 0 Å². The number of esters is 1. The molecule has 0 heterocycles. The normalized spacial score (nSPS) is 11.8. The molecule has 1 aromatic rings. The predicted molar refractivity (Wildman–Crippen MR) is 79.2 cm³/mol. The molecule has 1 atom stereocenters. The molecular weight excluding hydrogens is 326 g/mol. The number of carbonyl (C=O) groups is 2. The molecule has 0 aromatic heterocycles. The fraction of sp³-hybridized carbons (Fsp3) is 0.429. The molecule has 0 saturated heterocycles. The first kappa shape index (κ1) is 16.7. The lowest BCUT2D eigenvalue weighted by atomic mass is 10.1. The van der Waals surface area contributed by atoms with E-state index >= 15 is 0 Å². The van der Waals surface area contributed by atoms with Gasteiger partial charge >= 0.3 is 10.8 Å². The molecular formula is C14H18BrNO4. The van der Waals surface area contributed by atoms with E-state index in [2.05, 4.69) is 21.2 Å². The van der Waals surface area contributed by atoms with Crippen LogP contribution in [0.5, 0.6) is 5.75 Å². The molecule has 0 saturated carbocycles. The summed E-state index contributed by atoms with van der Waals surface area (Å²) in [6.07, 6.45) is 0. The molecule has 0 aliphatic heterocycles. The van der Waals surface area contributed by atoms with Crippen molar-refractivity contribution in [3.63, 3.8) is 0 Å². The number of halogens is 1. The highest BCUT2D eigenvalue weighted by Gasteiger charge is 2.16. The van der Waals surface area contributed by atoms with E-state index in [9.17, 15) is 9.59 Å². The summed E-state index contributed by atoms with van der Waals surface area (Å²) >= 11 is 2.70. The van der Waals surface area contributed by atoms with Gasteiger partial charge in [0, 0.05) is 15.9 Å². The maximum atomic E-state index is 11.8. The van der Waals surface area contributed by atoms with Gasteiger partial charge in [-0.2, -0.15) is 0 Å². The first-order valence-electron chi connectivity index (χ1n) is 6.16. The number of aryl methyl sites for hydroxylation is 2. The lowest BCUT2D eigenvalue weighted by Gasteiger charge is -2.15. The Kier molecular flexibility index (Phi) is 6.16. The van der Waals surface area contributed by atoms with Crippen molar-refractivity contribution < 1.29 is 19.1 Å². The van der Waals surface area contributed by atoms with Crippen molar-refractivity contribution in [1.29, 1.82) is 0 Å². The number of likely N-dealkylation sites (N-methyl/N-ethyl adjacent to an activating group) is 1. The second-order valence-electron chi connectivity index (χ2n) is 4.52. The molecule has 0 fully saturated rings. The van der Waals surface area contributed by atoms with E-state index in [-0.39, 0.29) is 18.6 Å². The summed E-state index contributed by atoms with van der Waals surface area (Å²) in [5.74, 6) is 0.212. The summed E-state index contributed by atoms with van der Waals surface area (Å²) in [6.45, 7) is 5.60. The third kappa shape index (κ3) is 4.61. The Morgan fingerprint density at radius 3 is 2.30 bits per heavy atom. The fourth-order valence-electron chi connectivity index (χ4n) is 1.73. The molecule has 0 amide bonds. The van der Waals surface area contributed by atoms with Crippen LogP contribution >= 0.6 is 15.9 Å². The summed E-state index contributed by atoms with van der Waals surface area (Å²) in [7, 11) is 1.70. The van der Waals surface area contributed by atoms with Gasteiger partial charge in [-0.25, -0.2) is 9.59 Å². The smallest absolute Gasteiger partial charge is 0.374 e. The lowest BCUT2D eigenvalue weighted by Crippen LogP contribution is -2.34. The Labute approximate surface area is 126 Å². The van der Waals surface area contributed by atoms with Crippen LogP contribution in [0.1, 0.15) is 23.6 Å². The van der Waals surface area contributed by atoms with Crippen LogP contribution < -0.4 is 10.1 Å². The van der Waals surface area contributed by atoms with Crippen LogP contribution in [-0.4, -0.2) is 23.9 Å². The molecule has 6 heteroatoms. The van der Waals surface area contributed by atoms with E-state index in [0.717, 1.165) is 16.7 Å². The predicted octanol–water partition coefficient (Wildman–Crippen LogP) is 2.85. The molecule has 5 nitrogen and oxygen atoms in total. The number of hydrogen-bond acceptors (Lipinski definition) is 5. The summed E-state index contributed by atoms with van der Waals surface area (Å²) in [6, 6.07) is 3.29. The van der Waals surface area contributed by atoms with Gasteiger partial charge in [0.2, 0.25) is 0 Å². The second kappa shape index (κ2) is 7.40.